The molecule has 1 aliphatic carbocycles. The molecule has 8 heteroatoms. The van der Waals surface area contributed by atoms with Crippen molar-refractivity contribution in [2.24, 2.45) is 11.0 Å². The van der Waals surface area contributed by atoms with Crippen molar-refractivity contribution >= 4 is 17.5 Å². The Bertz CT molecular complexity index is 444. The molecule has 0 radical (unpaired) electrons. The van der Waals surface area contributed by atoms with Crippen molar-refractivity contribution in [3.05, 3.63) is 0 Å². The number of alkyl halides is 3. The number of amides is 2. The standard InChI is InChI=1S/C12H16F3N3O2/c1-7(8-2-3-8)18(6-12(13,14)15)11(20)9-4-5-10(19)17-16-9/h7-8H,2-6H2,1H3,(H,17,19). The molecule has 20 heavy (non-hydrogen) atoms. The van der Waals surface area contributed by atoms with Gasteiger partial charge in [-0.1, -0.05) is 0 Å². The van der Waals surface area contributed by atoms with Gasteiger partial charge in [0.1, 0.15) is 12.3 Å². The number of halogens is 3. The molecule has 0 aromatic carbocycles. The van der Waals surface area contributed by atoms with Crippen LogP contribution in [0.5, 0.6) is 0 Å². The summed E-state index contributed by atoms with van der Waals surface area (Å²) in [6.45, 7) is 0.347. The molecule has 2 aliphatic rings. The first kappa shape index (κ1) is 14.8. The van der Waals surface area contributed by atoms with Crippen LogP contribution in [-0.2, 0) is 9.59 Å². The maximum atomic E-state index is 12.6. The van der Waals surface area contributed by atoms with Gasteiger partial charge >= 0.3 is 6.18 Å². The Morgan fingerprint density at radius 3 is 2.55 bits per heavy atom. The van der Waals surface area contributed by atoms with Gasteiger partial charge in [-0.25, -0.2) is 5.43 Å². The van der Waals surface area contributed by atoms with Crippen molar-refractivity contribution < 1.29 is 22.8 Å². The Morgan fingerprint density at radius 2 is 2.10 bits per heavy atom. The third kappa shape index (κ3) is 3.71. The molecule has 0 spiro atoms. The van der Waals surface area contributed by atoms with E-state index in [0.29, 0.717) is 0 Å². The van der Waals surface area contributed by atoms with E-state index in [1.165, 1.54) is 0 Å². The van der Waals surface area contributed by atoms with Crippen molar-refractivity contribution in [2.45, 2.75) is 44.8 Å². The highest BCUT2D eigenvalue weighted by Gasteiger charge is 2.41. The average Bonchev–Trinajstić information content (AvgIpc) is 3.18. The quantitative estimate of drug-likeness (QED) is 0.852. The second-order valence-electron chi connectivity index (χ2n) is 5.22. The van der Waals surface area contributed by atoms with Crippen molar-refractivity contribution in [3.63, 3.8) is 0 Å². The van der Waals surface area contributed by atoms with Crippen molar-refractivity contribution in [3.8, 4) is 0 Å². The smallest absolute Gasteiger partial charge is 0.325 e. The summed E-state index contributed by atoms with van der Waals surface area (Å²) in [5.41, 5.74) is 2.12. The predicted octanol–water partition coefficient (Wildman–Crippen LogP) is 1.44. The van der Waals surface area contributed by atoms with Crippen LogP contribution in [0.15, 0.2) is 5.10 Å². The van der Waals surface area contributed by atoms with E-state index in [1.807, 2.05) is 0 Å². The van der Waals surface area contributed by atoms with Gasteiger partial charge in [0.25, 0.3) is 5.91 Å². The third-order valence-corrected chi connectivity index (χ3v) is 3.56. The minimum atomic E-state index is -4.45. The Balaban J connectivity index is 2.12. The van der Waals surface area contributed by atoms with E-state index < -0.39 is 24.7 Å². The molecule has 1 atom stereocenters. The van der Waals surface area contributed by atoms with Crippen molar-refractivity contribution in [1.29, 1.82) is 0 Å². The van der Waals surface area contributed by atoms with E-state index in [2.05, 4.69) is 10.5 Å². The molecule has 1 unspecified atom stereocenters. The predicted molar refractivity (Wildman–Crippen MR) is 64.8 cm³/mol. The van der Waals surface area contributed by atoms with Crippen molar-refractivity contribution in [1.82, 2.24) is 10.3 Å². The van der Waals surface area contributed by atoms with Crippen LogP contribution in [-0.4, -0.2) is 41.2 Å². The van der Waals surface area contributed by atoms with Crippen LogP contribution in [0.1, 0.15) is 32.6 Å². The van der Waals surface area contributed by atoms with Crippen LogP contribution in [0.4, 0.5) is 13.2 Å². The van der Waals surface area contributed by atoms with Crippen LogP contribution in [0, 0.1) is 5.92 Å². The fraction of sp³-hybridized carbons (Fsp3) is 0.750. The molecular weight excluding hydrogens is 275 g/mol. The van der Waals surface area contributed by atoms with Crippen LogP contribution in [0.3, 0.4) is 0 Å². The van der Waals surface area contributed by atoms with Gasteiger partial charge < -0.3 is 4.90 Å². The average molecular weight is 291 g/mol. The fourth-order valence-corrected chi connectivity index (χ4v) is 2.22. The Hall–Kier alpha value is -1.60. The minimum Gasteiger partial charge on any atom is -0.325 e. The summed E-state index contributed by atoms with van der Waals surface area (Å²) in [5.74, 6) is -0.944. The van der Waals surface area contributed by atoms with Crippen LogP contribution >= 0.6 is 0 Å². The molecule has 5 nitrogen and oxygen atoms in total. The lowest BCUT2D eigenvalue weighted by molar-refractivity contribution is -0.162. The largest absolute Gasteiger partial charge is 0.406 e. The molecule has 2 amide bonds. The lowest BCUT2D eigenvalue weighted by Gasteiger charge is -2.31. The van der Waals surface area contributed by atoms with Gasteiger partial charge in [0.05, 0.1) is 0 Å². The topological polar surface area (TPSA) is 61.8 Å². The van der Waals surface area contributed by atoms with Crippen LogP contribution in [0.2, 0.25) is 0 Å². The molecule has 0 saturated heterocycles. The normalized spacial score (nSPS) is 21.0. The second kappa shape index (κ2) is 5.41. The molecular formula is C12H16F3N3O2. The number of rotatable bonds is 4. The molecule has 0 aromatic heterocycles. The van der Waals surface area contributed by atoms with E-state index in [4.69, 9.17) is 0 Å². The van der Waals surface area contributed by atoms with E-state index in [9.17, 15) is 22.8 Å². The highest BCUT2D eigenvalue weighted by atomic mass is 19.4. The Kier molecular flexibility index (Phi) is 4.01. The zero-order valence-electron chi connectivity index (χ0n) is 11.0. The van der Waals surface area contributed by atoms with Gasteiger partial charge in [0, 0.05) is 18.9 Å². The molecule has 112 valence electrons. The number of carbonyl (C=O) groups is 2. The molecule has 1 fully saturated rings. The Labute approximate surface area is 114 Å². The zero-order chi connectivity index (χ0) is 14.9. The van der Waals surface area contributed by atoms with Gasteiger partial charge in [-0.2, -0.15) is 18.3 Å². The number of hydrogen-bond acceptors (Lipinski definition) is 3. The van der Waals surface area contributed by atoms with Crippen LogP contribution in [0.25, 0.3) is 0 Å². The van der Waals surface area contributed by atoms with E-state index in [-0.39, 0.29) is 30.4 Å². The number of carbonyl (C=O) groups excluding carboxylic acids is 2. The monoisotopic (exact) mass is 291 g/mol. The van der Waals surface area contributed by atoms with Gasteiger partial charge in [-0.15, -0.1) is 0 Å². The van der Waals surface area contributed by atoms with Gasteiger partial charge in [0.15, 0.2) is 0 Å². The summed E-state index contributed by atoms with van der Waals surface area (Å²) < 4.78 is 37.9. The summed E-state index contributed by atoms with van der Waals surface area (Å²) in [5, 5.41) is 3.58. The molecule has 1 saturated carbocycles. The molecule has 1 N–H and O–H groups in total. The maximum Gasteiger partial charge on any atom is 0.406 e. The molecule has 0 aromatic rings. The molecule has 1 aliphatic heterocycles. The van der Waals surface area contributed by atoms with Gasteiger partial charge in [-0.3, -0.25) is 9.59 Å². The number of nitrogens with zero attached hydrogens (tertiary/aromatic N) is 2. The lowest BCUT2D eigenvalue weighted by atomic mass is 10.1. The summed E-state index contributed by atoms with van der Waals surface area (Å²) in [7, 11) is 0. The maximum absolute atomic E-state index is 12.6. The van der Waals surface area contributed by atoms with E-state index >= 15 is 0 Å². The molecule has 1 heterocycles. The highest BCUT2D eigenvalue weighted by Crippen LogP contribution is 2.36. The lowest BCUT2D eigenvalue weighted by Crippen LogP contribution is -2.49. The number of nitrogens with one attached hydrogen (secondary N) is 1. The first-order chi connectivity index (χ1) is 9.28. The number of hydrazone groups is 1. The summed E-state index contributed by atoms with van der Waals surface area (Å²) in [6, 6.07) is -0.468. The summed E-state index contributed by atoms with van der Waals surface area (Å²) in [4.78, 5) is 24.0. The molecule has 2 rings (SSSR count). The highest BCUT2D eigenvalue weighted by molar-refractivity contribution is 6.39. The Morgan fingerprint density at radius 1 is 1.45 bits per heavy atom. The van der Waals surface area contributed by atoms with E-state index in [0.717, 1.165) is 17.7 Å². The van der Waals surface area contributed by atoms with E-state index in [1.54, 1.807) is 6.92 Å². The first-order valence-electron chi connectivity index (χ1n) is 6.51. The minimum absolute atomic E-state index is 0.0126. The first-order valence-corrected chi connectivity index (χ1v) is 6.51. The third-order valence-electron chi connectivity index (χ3n) is 3.56. The SMILES string of the molecule is CC(C1CC1)N(CC(F)(F)F)C(=O)C1=NNC(=O)CC1. The van der Waals surface area contributed by atoms with Crippen molar-refractivity contribution in [2.75, 3.05) is 6.54 Å². The zero-order valence-corrected chi connectivity index (χ0v) is 11.0. The second-order valence-corrected chi connectivity index (χ2v) is 5.22. The van der Waals surface area contributed by atoms with Gasteiger partial charge in [0.2, 0.25) is 5.91 Å². The fourth-order valence-electron chi connectivity index (χ4n) is 2.22. The summed E-state index contributed by atoms with van der Waals surface area (Å²) in [6.07, 6.45) is -2.62. The molecule has 0 bridgehead atoms. The summed E-state index contributed by atoms with van der Waals surface area (Å²) >= 11 is 0. The van der Waals surface area contributed by atoms with Gasteiger partial charge in [-0.05, 0) is 25.7 Å². The van der Waals surface area contributed by atoms with Crippen LogP contribution < -0.4 is 5.43 Å². The number of hydrogen-bond donors (Lipinski definition) is 1.